The van der Waals surface area contributed by atoms with Crippen LogP contribution in [0.4, 0.5) is 0 Å². The molecule has 0 fully saturated rings. The van der Waals surface area contributed by atoms with E-state index in [-0.39, 0.29) is 25.7 Å². The number of aliphatic hydroxyl groups is 1. The second-order valence-electron chi connectivity index (χ2n) is 32.6. The van der Waals surface area contributed by atoms with Crippen LogP contribution in [0.2, 0.25) is 0 Å². The molecule has 0 heterocycles. The van der Waals surface area contributed by atoms with Crippen LogP contribution in [0.5, 0.6) is 0 Å². The van der Waals surface area contributed by atoms with Gasteiger partial charge in [-0.2, -0.15) is 0 Å². The van der Waals surface area contributed by atoms with Gasteiger partial charge in [0.05, 0.1) is 26.4 Å². The van der Waals surface area contributed by atoms with Crippen LogP contribution < -0.4 is 0 Å². The van der Waals surface area contributed by atoms with Gasteiger partial charge in [-0.3, -0.25) is 37.3 Å². The largest absolute Gasteiger partial charge is 0.472 e. The number of carbonyl (C=O) groups excluding carboxylic acids is 4. The lowest BCUT2D eigenvalue weighted by molar-refractivity contribution is -0.161. The fourth-order valence-corrected chi connectivity index (χ4v) is 15.4. The van der Waals surface area contributed by atoms with Crippen molar-refractivity contribution in [3.8, 4) is 0 Å². The number of hydrogen-bond donors (Lipinski definition) is 3. The van der Waals surface area contributed by atoms with E-state index in [1.807, 2.05) is 0 Å². The molecule has 0 aromatic rings. The van der Waals surface area contributed by atoms with Gasteiger partial charge in [0, 0.05) is 25.7 Å². The monoisotopic (exact) mass is 1560 g/mol. The zero-order chi connectivity index (χ0) is 78.5. The summed E-state index contributed by atoms with van der Waals surface area (Å²) in [7, 11) is -9.93. The fraction of sp³-hybridized carbons (Fsp3) is 0.955. The minimum absolute atomic E-state index is 0.108. The van der Waals surface area contributed by atoms with E-state index in [0.29, 0.717) is 25.7 Å². The number of aliphatic hydroxyl groups excluding tert-OH is 1. The summed E-state index contributed by atoms with van der Waals surface area (Å²) in [4.78, 5) is 73.3. The first-order chi connectivity index (χ1) is 51.9. The van der Waals surface area contributed by atoms with Gasteiger partial charge in [0.1, 0.15) is 19.3 Å². The number of unbranched alkanes of at least 4 members (excludes halogenated alkanes) is 57. The standard InChI is InChI=1S/C88H172O17P2/c1-7-9-11-13-15-17-19-21-23-25-26-27-28-29-31-33-39-43-47-55-61-67-72-87(92)104-83(76-98-85(90)70-64-58-52-45-41-37-35-34-36-40-44-50-56-62-68-80(3)4)78-102-106(94,95)100-74-82(89)75-101-107(96,97)103-79-84(77-99-86(91)71-65-59-53-49-48-51-57-63-69-81(5)6)105-88(93)73-66-60-54-46-42-38-32-30-24-22-20-18-16-14-12-10-8-2/h80-84,89H,7-79H2,1-6H3,(H,94,95)(H,96,97)/t82-,83-,84-/m1/s1. The molecule has 2 unspecified atom stereocenters. The Morgan fingerprint density at radius 3 is 0.636 bits per heavy atom. The molecular formula is C88H172O17P2. The first-order valence-electron chi connectivity index (χ1n) is 45.5. The summed E-state index contributed by atoms with van der Waals surface area (Å²) in [6, 6.07) is 0. The maximum absolute atomic E-state index is 13.2. The van der Waals surface area contributed by atoms with E-state index in [1.165, 1.54) is 289 Å². The van der Waals surface area contributed by atoms with Crippen LogP contribution in [0.1, 0.15) is 472 Å². The van der Waals surface area contributed by atoms with Crippen molar-refractivity contribution in [1.29, 1.82) is 0 Å². The SMILES string of the molecule is CCCCCCCCCCCCCCCCCCCCCCCCC(=O)O[C@H](COC(=O)CCCCCCCCCCCCCCCCC(C)C)COP(=O)(O)OC[C@@H](O)COP(=O)(O)OC[C@@H](COC(=O)CCCCCCCCCCC(C)C)OC(=O)CCCCCCCCCCCCCCCCCCC. The molecule has 0 aliphatic rings. The van der Waals surface area contributed by atoms with Crippen molar-refractivity contribution >= 4 is 39.5 Å². The predicted molar refractivity (Wildman–Crippen MR) is 442 cm³/mol. The summed E-state index contributed by atoms with van der Waals surface area (Å²) in [5, 5.41) is 10.7. The molecule has 0 aliphatic carbocycles. The molecule has 0 aromatic heterocycles. The number of esters is 4. The summed E-state index contributed by atoms with van der Waals surface area (Å²) in [6.07, 6.45) is 72.3. The van der Waals surface area contributed by atoms with E-state index in [0.717, 1.165) is 102 Å². The van der Waals surface area contributed by atoms with E-state index < -0.39 is 97.5 Å². The summed E-state index contributed by atoms with van der Waals surface area (Å²) in [6.45, 7) is 9.67. The third kappa shape index (κ3) is 81.9. The highest BCUT2D eigenvalue weighted by molar-refractivity contribution is 7.47. The van der Waals surface area contributed by atoms with Gasteiger partial charge in [0.2, 0.25) is 0 Å². The van der Waals surface area contributed by atoms with Crippen molar-refractivity contribution in [2.24, 2.45) is 11.8 Å². The Kier molecular flexibility index (Phi) is 77.9. The first kappa shape index (κ1) is 105. The molecule has 0 spiro atoms. The molecule has 0 rings (SSSR count). The Morgan fingerprint density at radius 2 is 0.430 bits per heavy atom. The Morgan fingerprint density at radius 1 is 0.252 bits per heavy atom. The average molecular weight is 1560 g/mol. The Labute approximate surface area is 658 Å². The van der Waals surface area contributed by atoms with Crippen LogP contribution in [0.25, 0.3) is 0 Å². The summed E-state index contributed by atoms with van der Waals surface area (Å²) in [5.74, 6) is -0.575. The molecule has 0 aliphatic heterocycles. The van der Waals surface area contributed by atoms with E-state index in [9.17, 15) is 43.2 Å². The van der Waals surface area contributed by atoms with Crippen LogP contribution in [-0.2, 0) is 65.4 Å². The van der Waals surface area contributed by atoms with E-state index in [2.05, 4.69) is 41.5 Å². The number of phosphoric acid groups is 2. The highest BCUT2D eigenvalue weighted by Crippen LogP contribution is 2.45. The molecule has 17 nitrogen and oxygen atoms in total. The maximum Gasteiger partial charge on any atom is 0.472 e. The van der Waals surface area contributed by atoms with Gasteiger partial charge in [0.15, 0.2) is 12.2 Å². The van der Waals surface area contributed by atoms with E-state index in [4.69, 9.17) is 37.0 Å². The van der Waals surface area contributed by atoms with Crippen LogP contribution in [0.15, 0.2) is 0 Å². The third-order valence-electron chi connectivity index (χ3n) is 20.7. The van der Waals surface area contributed by atoms with Crippen molar-refractivity contribution in [3.63, 3.8) is 0 Å². The molecule has 5 atom stereocenters. The van der Waals surface area contributed by atoms with Crippen molar-refractivity contribution in [2.45, 2.75) is 490 Å². The number of ether oxygens (including phenoxy) is 4. The first-order valence-corrected chi connectivity index (χ1v) is 48.5. The Balaban J connectivity index is 5.23. The lowest BCUT2D eigenvalue weighted by atomic mass is 10.0. The second-order valence-corrected chi connectivity index (χ2v) is 35.5. The molecule has 3 N–H and O–H groups in total. The number of hydrogen-bond acceptors (Lipinski definition) is 15. The number of carbonyl (C=O) groups is 4. The van der Waals surface area contributed by atoms with Crippen molar-refractivity contribution < 1.29 is 80.2 Å². The molecule has 107 heavy (non-hydrogen) atoms. The van der Waals surface area contributed by atoms with Crippen molar-refractivity contribution in [2.75, 3.05) is 39.6 Å². The van der Waals surface area contributed by atoms with Crippen LogP contribution in [0.3, 0.4) is 0 Å². The van der Waals surface area contributed by atoms with Crippen LogP contribution >= 0.6 is 15.6 Å². The number of phosphoric ester groups is 2. The van der Waals surface area contributed by atoms with Crippen LogP contribution in [-0.4, -0.2) is 96.7 Å². The molecule has 0 aromatic carbocycles. The highest BCUT2D eigenvalue weighted by Gasteiger charge is 2.30. The molecule has 0 radical (unpaired) electrons. The summed E-state index contributed by atoms with van der Waals surface area (Å²) < 4.78 is 69.0. The van der Waals surface area contributed by atoms with Crippen molar-refractivity contribution in [1.82, 2.24) is 0 Å². The molecule has 0 saturated carbocycles. The molecule has 19 heteroatoms. The zero-order valence-corrected chi connectivity index (χ0v) is 72.2. The van der Waals surface area contributed by atoms with Crippen LogP contribution in [0, 0.1) is 11.8 Å². The van der Waals surface area contributed by atoms with Gasteiger partial charge in [0.25, 0.3) is 0 Å². The summed E-state index contributed by atoms with van der Waals surface area (Å²) >= 11 is 0. The topological polar surface area (TPSA) is 237 Å². The number of rotatable bonds is 87. The smallest absolute Gasteiger partial charge is 0.462 e. The lowest BCUT2D eigenvalue weighted by Gasteiger charge is -2.21. The normalized spacial score (nSPS) is 13.8. The Bertz CT molecular complexity index is 2050. The predicted octanol–water partition coefficient (Wildman–Crippen LogP) is 27.0. The summed E-state index contributed by atoms with van der Waals surface area (Å²) in [5.41, 5.74) is 0. The van der Waals surface area contributed by atoms with Crippen molar-refractivity contribution in [3.05, 3.63) is 0 Å². The van der Waals surface area contributed by atoms with Gasteiger partial charge in [-0.25, -0.2) is 9.13 Å². The molecule has 636 valence electrons. The van der Waals surface area contributed by atoms with E-state index in [1.54, 1.807) is 0 Å². The average Bonchev–Trinajstić information content (AvgIpc) is 0.905. The van der Waals surface area contributed by atoms with Gasteiger partial charge in [-0.1, -0.05) is 420 Å². The van der Waals surface area contributed by atoms with Gasteiger partial charge >= 0.3 is 39.5 Å². The minimum atomic E-state index is -4.97. The molecule has 0 saturated heterocycles. The van der Waals surface area contributed by atoms with E-state index >= 15 is 0 Å². The molecule has 0 amide bonds. The molecule has 0 bridgehead atoms. The quantitative estimate of drug-likeness (QED) is 0.0222. The third-order valence-corrected chi connectivity index (χ3v) is 22.6. The lowest BCUT2D eigenvalue weighted by Crippen LogP contribution is -2.30. The molecular weight excluding hydrogens is 1390 g/mol. The maximum atomic E-state index is 13.2. The zero-order valence-electron chi connectivity index (χ0n) is 70.5. The second kappa shape index (κ2) is 79.3. The van der Waals surface area contributed by atoms with Gasteiger partial charge in [-0.15, -0.1) is 0 Å². The highest BCUT2D eigenvalue weighted by atomic mass is 31.2. The Hall–Kier alpha value is -1.94. The minimum Gasteiger partial charge on any atom is -0.462 e. The van der Waals surface area contributed by atoms with Gasteiger partial charge < -0.3 is 33.8 Å². The van der Waals surface area contributed by atoms with Gasteiger partial charge in [-0.05, 0) is 37.5 Å². The fourth-order valence-electron chi connectivity index (χ4n) is 13.8.